The molecule has 1 aliphatic heterocycles. The molecule has 0 saturated heterocycles. The molecule has 0 unspecified atom stereocenters. The van der Waals surface area contributed by atoms with Crippen molar-refractivity contribution in [2.24, 2.45) is 0 Å². The third kappa shape index (κ3) is 2.71. The average molecular weight is 373 g/mol. The van der Waals surface area contributed by atoms with E-state index in [1.54, 1.807) is 30.0 Å². The maximum absolute atomic E-state index is 13.2. The Kier molecular flexibility index (Phi) is 4.02. The van der Waals surface area contributed by atoms with Gasteiger partial charge >= 0.3 is 0 Å². The second-order valence-electron chi connectivity index (χ2n) is 5.92. The number of rotatable bonds is 2. The molecule has 126 valence electrons. The zero-order valence-corrected chi connectivity index (χ0v) is 14.9. The Bertz CT molecular complexity index is 981. The van der Waals surface area contributed by atoms with Crippen LogP contribution in [0.5, 0.6) is 0 Å². The van der Waals surface area contributed by atoms with Gasteiger partial charge in [0, 0.05) is 22.8 Å². The maximum atomic E-state index is 13.2. The van der Waals surface area contributed by atoms with Crippen molar-refractivity contribution in [3.63, 3.8) is 0 Å². The lowest BCUT2D eigenvalue weighted by atomic mass is 10.0. The van der Waals surface area contributed by atoms with Crippen molar-refractivity contribution in [1.82, 2.24) is 5.16 Å². The number of carbonyl (C=O) groups excluding carboxylic acids is 1. The van der Waals surface area contributed by atoms with Crippen LogP contribution in [0.4, 0.5) is 5.69 Å². The van der Waals surface area contributed by atoms with Crippen LogP contribution in [0.1, 0.15) is 21.7 Å². The summed E-state index contributed by atoms with van der Waals surface area (Å²) in [5.74, 6) is 0.315. The Hall–Kier alpha value is -2.30. The first-order valence-electron chi connectivity index (χ1n) is 7.87. The number of fused-ring (bicyclic) bond motifs is 1. The van der Waals surface area contributed by atoms with Crippen molar-refractivity contribution in [3.05, 3.63) is 69.4 Å². The van der Waals surface area contributed by atoms with Crippen LogP contribution in [0.3, 0.4) is 0 Å². The summed E-state index contributed by atoms with van der Waals surface area (Å²) in [7, 11) is 0. The third-order valence-electron chi connectivity index (χ3n) is 4.39. The van der Waals surface area contributed by atoms with E-state index in [1.807, 2.05) is 24.3 Å². The van der Waals surface area contributed by atoms with Gasteiger partial charge in [0.25, 0.3) is 5.91 Å². The number of hydrogen-bond donors (Lipinski definition) is 0. The molecule has 3 aromatic rings. The van der Waals surface area contributed by atoms with Crippen LogP contribution in [0.2, 0.25) is 10.0 Å². The summed E-state index contributed by atoms with van der Waals surface area (Å²) < 4.78 is 5.31. The van der Waals surface area contributed by atoms with E-state index in [9.17, 15) is 4.79 Å². The van der Waals surface area contributed by atoms with E-state index in [1.165, 1.54) is 0 Å². The molecule has 0 fully saturated rings. The Balaban J connectivity index is 1.81. The lowest BCUT2D eigenvalue weighted by Gasteiger charge is -2.17. The molecule has 6 heteroatoms. The number of para-hydroxylation sites is 1. The monoisotopic (exact) mass is 372 g/mol. The molecular weight excluding hydrogens is 359 g/mol. The number of hydrogen-bond acceptors (Lipinski definition) is 3. The van der Waals surface area contributed by atoms with Gasteiger partial charge in [-0.15, -0.1) is 0 Å². The summed E-state index contributed by atoms with van der Waals surface area (Å²) in [6.07, 6.45) is 0.833. The topological polar surface area (TPSA) is 46.3 Å². The molecular formula is C19H14Cl2N2O2. The fourth-order valence-electron chi connectivity index (χ4n) is 3.17. The quantitative estimate of drug-likeness (QED) is 0.623. The van der Waals surface area contributed by atoms with Crippen molar-refractivity contribution in [2.75, 3.05) is 11.4 Å². The molecule has 0 bridgehead atoms. The zero-order valence-electron chi connectivity index (χ0n) is 13.4. The van der Waals surface area contributed by atoms with Crippen LogP contribution >= 0.6 is 23.2 Å². The van der Waals surface area contributed by atoms with E-state index in [2.05, 4.69) is 5.16 Å². The van der Waals surface area contributed by atoms with Gasteiger partial charge in [-0.25, -0.2) is 0 Å². The highest BCUT2D eigenvalue weighted by Crippen LogP contribution is 2.36. The third-order valence-corrected chi connectivity index (χ3v) is 4.96. The molecule has 0 N–H and O–H groups in total. The molecule has 0 spiro atoms. The highest BCUT2D eigenvalue weighted by Gasteiger charge is 2.31. The Morgan fingerprint density at radius 3 is 2.84 bits per heavy atom. The molecule has 2 aromatic carbocycles. The number of aryl methyl sites for hydroxylation is 1. The molecule has 4 nitrogen and oxygen atoms in total. The van der Waals surface area contributed by atoms with Crippen LogP contribution in [-0.4, -0.2) is 17.6 Å². The maximum Gasteiger partial charge on any atom is 0.264 e. The molecule has 0 atom stereocenters. The molecule has 2 heterocycles. The van der Waals surface area contributed by atoms with E-state index in [4.69, 9.17) is 27.7 Å². The lowest BCUT2D eigenvalue weighted by Crippen LogP contribution is -2.29. The highest BCUT2D eigenvalue weighted by molar-refractivity contribution is 6.35. The SMILES string of the molecule is Cc1onc(-c2cc(Cl)ccc2Cl)c1C(=O)N1CCc2ccccc21. The fourth-order valence-corrected chi connectivity index (χ4v) is 3.55. The average Bonchev–Trinajstić information content (AvgIpc) is 3.20. The van der Waals surface area contributed by atoms with Crippen molar-refractivity contribution in [1.29, 1.82) is 0 Å². The number of benzene rings is 2. The zero-order chi connectivity index (χ0) is 17.6. The molecule has 0 saturated carbocycles. The van der Waals surface area contributed by atoms with E-state index in [-0.39, 0.29) is 5.91 Å². The standard InChI is InChI=1S/C19H14Cl2N2O2/c1-11-17(18(22-25-11)14-10-13(20)6-7-15(14)21)19(24)23-9-8-12-4-2-3-5-16(12)23/h2-7,10H,8-9H2,1H3. The largest absolute Gasteiger partial charge is 0.360 e. The number of nitrogens with zero attached hydrogens (tertiary/aromatic N) is 2. The molecule has 1 amide bonds. The van der Waals surface area contributed by atoms with E-state index >= 15 is 0 Å². The first-order valence-corrected chi connectivity index (χ1v) is 8.63. The molecule has 25 heavy (non-hydrogen) atoms. The smallest absolute Gasteiger partial charge is 0.264 e. The van der Waals surface area contributed by atoms with E-state index in [0.717, 1.165) is 17.7 Å². The van der Waals surface area contributed by atoms with Gasteiger partial charge < -0.3 is 9.42 Å². The first-order chi connectivity index (χ1) is 12.1. The van der Waals surface area contributed by atoms with Crippen LogP contribution in [-0.2, 0) is 6.42 Å². The summed E-state index contributed by atoms with van der Waals surface area (Å²) in [5, 5.41) is 5.06. The predicted octanol–water partition coefficient (Wildman–Crippen LogP) is 5.16. The van der Waals surface area contributed by atoms with Crippen molar-refractivity contribution < 1.29 is 9.32 Å². The van der Waals surface area contributed by atoms with E-state index < -0.39 is 0 Å². The summed E-state index contributed by atoms with van der Waals surface area (Å²) in [6, 6.07) is 13.0. The molecule has 1 aromatic heterocycles. The summed E-state index contributed by atoms with van der Waals surface area (Å²) in [6.45, 7) is 2.36. The molecule has 0 radical (unpaired) electrons. The van der Waals surface area contributed by atoms with Gasteiger partial charge in [0.15, 0.2) is 0 Å². The second kappa shape index (κ2) is 6.21. The van der Waals surface area contributed by atoms with Crippen molar-refractivity contribution in [2.45, 2.75) is 13.3 Å². The van der Waals surface area contributed by atoms with Gasteiger partial charge in [0.05, 0.1) is 5.02 Å². The van der Waals surface area contributed by atoms with Crippen LogP contribution in [0.25, 0.3) is 11.3 Å². The van der Waals surface area contributed by atoms with Crippen LogP contribution in [0, 0.1) is 6.92 Å². The van der Waals surface area contributed by atoms with Crippen LogP contribution in [0.15, 0.2) is 47.0 Å². The van der Waals surface area contributed by atoms with Gasteiger partial charge in [-0.1, -0.05) is 46.6 Å². The number of anilines is 1. The Morgan fingerprint density at radius 1 is 1.20 bits per heavy atom. The van der Waals surface area contributed by atoms with Crippen LogP contribution < -0.4 is 4.90 Å². The van der Waals surface area contributed by atoms with E-state index in [0.29, 0.717) is 39.2 Å². The first kappa shape index (κ1) is 16.2. The van der Waals surface area contributed by atoms with Gasteiger partial charge in [0.2, 0.25) is 0 Å². The number of amides is 1. The normalized spacial score (nSPS) is 13.2. The summed E-state index contributed by atoms with van der Waals surface area (Å²) in [5.41, 5.74) is 3.51. The second-order valence-corrected chi connectivity index (χ2v) is 6.77. The highest BCUT2D eigenvalue weighted by atomic mass is 35.5. The minimum Gasteiger partial charge on any atom is -0.360 e. The van der Waals surface area contributed by atoms with Crippen molar-refractivity contribution in [3.8, 4) is 11.3 Å². The summed E-state index contributed by atoms with van der Waals surface area (Å²) >= 11 is 12.4. The molecule has 1 aliphatic rings. The van der Waals surface area contributed by atoms with Gasteiger partial charge in [-0.05, 0) is 43.2 Å². The number of aromatic nitrogens is 1. The minimum atomic E-state index is -0.144. The van der Waals surface area contributed by atoms with Gasteiger partial charge in [-0.2, -0.15) is 0 Å². The predicted molar refractivity (Wildman–Crippen MR) is 98.5 cm³/mol. The molecule has 4 rings (SSSR count). The fraction of sp³-hybridized carbons (Fsp3) is 0.158. The van der Waals surface area contributed by atoms with Gasteiger partial charge in [-0.3, -0.25) is 4.79 Å². The Morgan fingerprint density at radius 2 is 2.00 bits per heavy atom. The number of carbonyl (C=O) groups is 1. The summed E-state index contributed by atoms with van der Waals surface area (Å²) in [4.78, 5) is 15.0. The lowest BCUT2D eigenvalue weighted by molar-refractivity contribution is 0.0988. The van der Waals surface area contributed by atoms with Gasteiger partial charge in [0.1, 0.15) is 17.0 Å². The molecule has 0 aliphatic carbocycles. The minimum absolute atomic E-state index is 0.144. The Labute approximate surface area is 154 Å². The van der Waals surface area contributed by atoms with Crippen molar-refractivity contribution >= 4 is 34.8 Å². The number of halogens is 2.